The Hall–Kier alpha value is -4.63. The summed E-state index contributed by atoms with van der Waals surface area (Å²) in [6.07, 6.45) is 1.32. The van der Waals surface area contributed by atoms with Gasteiger partial charge in [0.25, 0.3) is 5.91 Å². The van der Waals surface area contributed by atoms with E-state index < -0.39 is 11.9 Å². The van der Waals surface area contributed by atoms with Gasteiger partial charge in [0.1, 0.15) is 23.2 Å². The molecule has 150 valence electrons. The summed E-state index contributed by atoms with van der Waals surface area (Å²) in [5.41, 5.74) is 0.941. The van der Waals surface area contributed by atoms with Gasteiger partial charge in [0.2, 0.25) is 0 Å². The highest BCUT2D eigenvalue weighted by Crippen LogP contribution is 2.27. The molecule has 4 aromatic rings. The van der Waals surface area contributed by atoms with Crippen LogP contribution in [-0.4, -0.2) is 17.0 Å². The molecule has 0 saturated heterocycles. The molecule has 1 heterocycles. The molecule has 3 aromatic carbocycles. The maximum absolute atomic E-state index is 12.6. The third-order valence-electron chi connectivity index (χ3n) is 4.71. The van der Waals surface area contributed by atoms with Crippen molar-refractivity contribution < 1.29 is 19.1 Å². The number of carbonyl (C=O) groups excluding carboxylic acids is 1. The van der Waals surface area contributed by atoms with E-state index in [1.807, 2.05) is 42.5 Å². The quantitative estimate of drug-likeness (QED) is 0.342. The molecule has 0 saturated carbocycles. The number of carbonyl (C=O) groups is 2. The predicted octanol–water partition coefficient (Wildman–Crippen LogP) is 5.34. The van der Waals surface area contributed by atoms with Crippen LogP contribution in [-0.2, 0) is 4.79 Å². The molecule has 0 radical (unpaired) electrons. The van der Waals surface area contributed by atoms with Gasteiger partial charge < -0.3 is 14.8 Å². The fourth-order valence-corrected chi connectivity index (χ4v) is 3.22. The van der Waals surface area contributed by atoms with Crippen LogP contribution < -0.4 is 5.32 Å². The molecule has 0 aliphatic rings. The zero-order valence-corrected chi connectivity index (χ0v) is 16.2. The molecule has 0 aliphatic carbocycles. The molecule has 0 bridgehead atoms. The molecule has 1 amide bonds. The molecule has 2 N–H and O–H groups in total. The van der Waals surface area contributed by atoms with Gasteiger partial charge in [0, 0.05) is 17.3 Å². The highest BCUT2D eigenvalue weighted by Gasteiger charge is 2.15. The Bertz CT molecular complexity index is 1380. The lowest BCUT2D eigenvalue weighted by atomic mass is 10.1. The van der Waals surface area contributed by atoms with Crippen LogP contribution >= 0.6 is 0 Å². The number of furan rings is 1. The van der Waals surface area contributed by atoms with E-state index in [0.717, 1.165) is 10.8 Å². The summed E-state index contributed by atoms with van der Waals surface area (Å²) < 4.78 is 5.68. The number of nitrogens with zero attached hydrogens (tertiary/aromatic N) is 1. The maximum atomic E-state index is 12.6. The number of aromatic carboxylic acids is 1. The van der Waals surface area contributed by atoms with Gasteiger partial charge in [-0.2, -0.15) is 5.26 Å². The Morgan fingerprint density at radius 2 is 1.68 bits per heavy atom. The Labute approximate surface area is 177 Å². The highest BCUT2D eigenvalue weighted by molar-refractivity contribution is 6.10. The normalized spacial score (nSPS) is 11.1. The van der Waals surface area contributed by atoms with Crippen LogP contribution in [0.4, 0.5) is 5.69 Å². The van der Waals surface area contributed by atoms with Crippen molar-refractivity contribution in [2.75, 3.05) is 5.32 Å². The van der Waals surface area contributed by atoms with Crippen molar-refractivity contribution in [3.05, 3.63) is 95.8 Å². The molecule has 4 rings (SSSR count). The van der Waals surface area contributed by atoms with Crippen LogP contribution in [0, 0.1) is 11.3 Å². The summed E-state index contributed by atoms with van der Waals surface area (Å²) in [5, 5.41) is 23.5. The molecule has 31 heavy (non-hydrogen) atoms. The van der Waals surface area contributed by atoms with E-state index in [2.05, 4.69) is 5.32 Å². The molecule has 6 heteroatoms. The predicted molar refractivity (Wildman–Crippen MR) is 117 cm³/mol. The van der Waals surface area contributed by atoms with E-state index in [4.69, 9.17) is 4.42 Å². The van der Waals surface area contributed by atoms with Gasteiger partial charge in [-0.25, -0.2) is 4.79 Å². The van der Waals surface area contributed by atoms with Gasteiger partial charge in [-0.3, -0.25) is 4.79 Å². The van der Waals surface area contributed by atoms with Gasteiger partial charge in [-0.1, -0.05) is 48.5 Å². The summed E-state index contributed by atoms with van der Waals surface area (Å²) in [7, 11) is 0. The average Bonchev–Trinajstić information content (AvgIpc) is 3.25. The maximum Gasteiger partial charge on any atom is 0.336 e. The Balaban J connectivity index is 1.58. The summed E-state index contributed by atoms with van der Waals surface area (Å²) in [5.74, 6) is -1.05. The molecular weight excluding hydrogens is 392 g/mol. The lowest BCUT2D eigenvalue weighted by Crippen LogP contribution is -2.13. The van der Waals surface area contributed by atoms with Crippen LogP contribution in [0.15, 0.2) is 88.9 Å². The van der Waals surface area contributed by atoms with E-state index in [1.54, 1.807) is 36.4 Å². The molecule has 0 fully saturated rings. The van der Waals surface area contributed by atoms with Crippen LogP contribution in [0.5, 0.6) is 0 Å². The van der Waals surface area contributed by atoms with E-state index >= 15 is 0 Å². The smallest absolute Gasteiger partial charge is 0.336 e. The van der Waals surface area contributed by atoms with Crippen molar-refractivity contribution in [2.24, 2.45) is 0 Å². The summed E-state index contributed by atoms with van der Waals surface area (Å²) in [6.45, 7) is 0. The molecule has 6 nitrogen and oxygen atoms in total. The van der Waals surface area contributed by atoms with Crippen LogP contribution in [0.2, 0.25) is 0 Å². The number of nitriles is 1. The molecule has 0 unspecified atom stereocenters. The van der Waals surface area contributed by atoms with Gasteiger partial charge >= 0.3 is 5.97 Å². The number of anilines is 1. The number of hydrogen-bond donors (Lipinski definition) is 2. The summed E-state index contributed by atoms with van der Waals surface area (Å²) >= 11 is 0. The minimum Gasteiger partial charge on any atom is -0.478 e. The fraction of sp³-hybridized carbons (Fsp3) is 0. The highest BCUT2D eigenvalue weighted by atomic mass is 16.4. The molecular formula is C25H16N2O4. The first-order valence-electron chi connectivity index (χ1n) is 9.39. The Kier molecular flexibility index (Phi) is 5.33. The second kappa shape index (κ2) is 8.39. The fourth-order valence-electron chi connectivity index (χ4n) is 3.22. The third kappa shape index (κ3) is 4.21. The number of hydrogen-bond acceptors (Lipinski definition) is 4. The molecule has 0 atom stereocenters. The Morgan fingerprint density at radius 1 is 0.935 bits per heavy atom. The zero-order valence-electron chi connectivity index (χ0n) is 16.2. The number of carboxylic acid groups (broad SMARTS) is 1. The monoisotopic (exact) mass is 408 g/mol. The van der Waals surface area contributed by atoms with Crippen LogP contribution in [0.3, 0.4) is 0 Å². The van der Waals surface area contributed by atoms with Crippen LogP contribution in [0.25, 0.3) is 28.2 Å². The molecule has 1 aromatic heterocycles. The second-order valence-electron chi connectivity index (χ2n) is 6.74. The van der Waals surface area contributed by atoms with E-state index in [0.29, 0.717) is 17.0 Å². The van der Waals surface area contributed by atoms with Crippen LogP contribution in [0.1, 0.15) is 16.1 Å². The number of carboxylic acids is 1. The first-order valence-corrected chi connectivity index (χ1v) is 9.39. The average molecular weight is 408 g/mol. The second-order valence-corrected chi connectivity index (χ2v) is 6.74. The van der Waals surface area contributed by atoms with E-state index in [9.17, 15) is 20.0 Å². The number of fused-ring (bicyclic) bond motifs is 1. The largest absolute Gasteiger partial charge is 0.478 e. The Morgan fingerprint density at radius 3 is 2.45 bits per heavy atom. The summed E-state index contributed by atoms with van der Waals surface area (Å²) in [4.78, 5) is 24.0. The van der Waals surface area contributed by atoms with Crippen molar-refractivity contribution in [2.45, 2.75) is 0 Å². The number of amides is 1. The van der Waals surface area contributed by atoms with Gasteiger partial charge in [-0.15, -0.1) is 0 Å². The minimum absolute atomic E-state index is 0.0990. The van der Waals surface area contributed by atoms with Crippen molar-refractivity contribution in [3.63, 3.8) is 0 Å². The first kappa shape index (κ1) is 19.7. The van der Waals surface area contributed by atoms with Crippen molar-refractivity contribution in [3.8, 4) is 17.4 Å². The number of rotatable bonds is 5. The molecule has 0 aliphatic heterocycles. The lowest BCUT2D eigenvalue weighted by molar-refractivity contribution is -0.112. The van der Waals surface area contributed by atoms with Crippen molar-refractivity contribution in [1.82, 2.24) is 0 Å². The third-order valence-corrected chi connectivity index (χ3v) is 4.71. The summed E-state index contributed by atoms with van der Waals surface area (Å²) in [6, 6.07) is 24.7. The van der Waals surface area contributed by atoms with Crippen molar-refractivity contribution in [1.29, 1.82) is 5.26 Å². The number of nitrogens with one attached hydrogen (secondary N) is 1. The molecule has 0 spiro atoms. The van der Waals surface area contributed by atoms with Gasteiger partial charge in [-0.05, 0) is 41.1 Å². The van der Waals surface area contributed by atoms with Gasteiger partial charge in [0.05, 0.1) is 5.56 Å². The standard InChI is InChI=1S/C25H16N2O4/c26-15-18(24(28)27-19-10-9-16-5-1-2-6-17(16)13-19)14-20-11-12-23(31-20)21-7-3-4-8-22(21)25(29)30/h1-14H,(H,27,28)(H,29,30)/b18-14-. The number of benzene rings is 3. The zero-order chi connectivity index (χ0) is 21.8. The van der Waals surface area contributed by atoms with Gasteiger partial charge in [0.15, 0.2) is 0 Å². The van der Waals surface area contributed by atoms with E-state index in [1.165, 1.54) is 12.1 Å². The first-order chi connectivity index (χ1) is 15.0. The van der Waals surface area contributed by atoms with E-state index in [-0.39, 0.29) is 16.9 Å². The lowest BCUT2D eigenvalue weighted by Gasteiger charge is -2.06. The SMILES string of the molecule is N#C/C(=C/c1ccc(-c2ccccc2C(=O)O)o1)C(=O)Nc1ccc2ccccc2c1. The van der Waals surface area contributed by atoms with Crippen molar-refractivity contribution >= 4 is 34.4 Å². The topological polar surface area (TPSA) is 103 Å². The minimum atomic E-state index is -1.07.